The standard InChI is InChI=1S/C25H36BrN3O/c1-4-23(26)28-18-29(22-8-6-5-7-9-22)25(24(28)30)14-16-27(17-15-25)21-12-10-20(11-13-21)19(2)3/h4-9,19-21,23H,1,10-18H2,2-3H3. The highest BCUT2D eigenvalue weighted by atomic mass is 79.9. The van der Waals surface area contributed by atoms with E-state index in [2.05, 4.69) is 70.4 Å². The molecule has 1 aliphatic carbocycles. The molecule has 1 amide bonds. The molecule has 0 N–H and O–H groups in total. The van der Waals surface area contributed by atoms with Crippen LogP contribution in [0.1, 0.15) is 52.4 Å². The Balaban J connectivity index is 1.49. The lowest BCUT2D eigenvalue weighted by Crippen LogP contribution is -2.58. The van der Waals surface area contributed by atoms with E-state index in [1.54, 1.807) is 0 Å². The largest absolute Gasteiger partial charge is 0.339 e. The molecule has 2 aliphatic heterocycles. The number of carbonyl (C=O) groups is 1. The Morgan fingerprint density at radius 2 is 1.73 bits per heavy atom. The van der Waals surface area contributed by atoms with Crippen molar-refractivity contribution in [2.45, 2.75) is 68.9 Å². The van der Waals surface area contributed by atoms with E-state index in [1.165, 1.54) is 25.7 Å². The van der Waals surface area contributed by atoms with E-state index in [0.29, 0.717) is 12.7 Å². The maximum absolute atomic E-state index is 13.7. The Kier molecular flexibility index (Phi) is 6.59. The van der Waals surface area contributed by atoms with E-state index in [0.717, 1.165) is 43.5 Å². The third kappa shape index (κ3) is 3.95. The summed E-state index contributed by atoms with van der Waals surface area (Å²) in [6.45, 7) is 11.3. The van der Waals surface area contributed by atoms with Crippen molar-refractivity contribution in [2.75, 3.05) is 24.7 Å². The molecular formula is C25H36BrN3O. The predicted molar refractivity (Wildman–Crippen MR) is 128 cm³/mol. The molecule has 4 rings (SSSR count). The average Bonchev–Trinajstić information content (AvgIpc) is 3.06. The monoisotopic (exact) mass is 473 g/mol. The maximum atomic E-state index is 13.7. The molecule has 1 saturated carbocycles. The van der Waals surface area contributed by atoms with Crippen LogP contribution in [0.15, 0.2) is 43.0 Å². The molecule has 2 heterocycles. The molecule has 3 aliphatic rings. The zero-order chi connectivity index (χ0) is 21.3. The summed E-state index contributed by atoms with van der Waals surface area (Å²) in [4.78, 5) is 20.5. The van der Waals surface area contributed by atoms with Crippen LogP contribution in [0.5, 0.6) is 0 Å². The van der Waals surface area contributed by atoms with Gasteiger partial charge in [0.05, 0.1) is 6.67 Å². The summed E-state index contributed by atoms with van der Waals surface area (Å²) in [5.41, 5.74) is 0.713. The number of piperidine rings is 1. The summed E-state index contributed by atoms with van der Waals surface area (Å²) in [6.07, 6.45) is 8.96. The van der Waals surface area contributed by atoms with Gasteiger partial charge in [0.2, 0.25) is 0 Å². The number of carbonyl (C=O) groups excluding carboxylic acids is 1. The third-order valence-electron chi connectivity index (χ3n) is 7.86. The van der Waals surface area contributed by atoms with E-state index in [1.807, 2.05) is 17.0 Å². The Hall–Kier alpha value is -1.33. The zero-order valence-electron chi connectivity index (χ0n) is 18.5. The van der Waals surface area contributed by atoms with Crippen LogP contribution in [0.4, 0.5) is 5.69 Å². The van der Waals surface area contributed by atoms with Crippen LogP contribution in [-0.2, 0) is 4.79 Å². The van der Waals surface area contributed by atoms with Crippen molar-refractivity contribution in [1.29, 1.82) is 0 Å². The highest BCUT2D eigenvalue weighted by molar-refractivity contribution is 9.09. The quantitative estimate of drug-likeness (QED) is 0.331. The number of alkyl halides is 1. The van der Waals surface area contributed by atoms with Gasteiger partial charge in [-0.3, -0.25) is 4.79 Å². The minimum Gasteiger partial charge on any atom is -0.339 e. The molecule has 4 nitrogen and oxygen atoms in total. The van der Waals surface area contributed by atoms with Crippen molar-refractivity contribution >= 4 is 27.5 Å². The number of rotatable bonds is 5. The van der Waals surface area contributed by atoms with Crippen LogP contribution in [0.2, 0.25) is 0 Å². The lowest BCUT2D eigenvalue weighted by molar-refractivity contribution is -0.133. The smallest absolute Gasteiger partial charge is 0.251 e. The van der Waals surface area contributed by atoms with E-state index in [4.69, 9.17) is 0 Å². The van der Waals surface area contributed by atoms with Gasteiger partial charge < -0.3 is 14.7 Å². The van der Waals surface area contributed by atoms with E-state index in [-0.39, 0.29) is 10.9 Å². The summed E-state index contributed by atoms with van der Waals surface area (Å²) in [5, 5.41) is 0. The normalized spacial score (nSPS) is 28.3. The highest BCUT2D eigenvalue weighted by Gasteiger charge is 2.55. The Morgan fingerprint density at radius 3 is 2.30 bits per heavy atom. The second-order valence-corrected chi connectivity index (χ2v) is 10.6. The molecule has 0 bridgehead atoms. The van der Waals surface area contributed by atoms with Gasteiger partial charge in [-0.2, -0.15) is 0 Å². The Labute approximate surface area is 190 Å². The van der Waals surface area contributed by atoms with Gasteiger partial charge >= 0.3 is 0 Å². The fourth-order valence-electron chi connectivity index (χ4n) is 5.86. The predicted octanol–water partition coefficient (Wildman–Crippen LogP) is 5.25. The molecule has 0 aromatic heterocycles. The number of hydrogen-bond acceptors (Lipinski definition) is 3. The first-order valence-corrected chi connectivity index (χ1v) is 12.5. The summed E-state index contributed by atoms with van der Waals surface area (Å²) in [6, 6.07) is 11.1. The molecule has 1 atom stereocenters. The van der Waals surface area contributed by atoms with Gasteiger partial charge in [-0.1, -0.05) is 54.1 Å². The number of para-hydroxylation sites is 1. The molecule has 164 valence electrons. The number of hydrogen-bond donors (Lipinski definition) is 0. The first-order valence-electron chi connectivity index (χ1n) is 11.6. The molecule has 5 heteroatoms. The summed E-state index contributed by atoms with van der Waals surface area (Å²) in [5.74, 6) is 1.95. The number of halogens is 1. The molecule has 1 aromatic carbocycles. The number of anilines is 1. The lowest BCUT2D eigenvalue weighted by Gasteiger charge is -2.47. The Morgan fingerprint density at radius 1 is 1.10 bits per heavy atom. The lowest BCUT2D eigenvalue weighted by atomic mass is 9.78. The summed E-state index contributed by atoms with van der Waals surface area (Å²) < 4.78 is 0. The zero-order valence-corrected chi connectivity index (χ0v) is 20.1. The Bertz CT molecular complexity index is 736. The van der Waals surface area contributed by atoms with Crippen molar-refractivity contribution in [3.63, 3.8) is 0 Å². The molecule has 1 aromatic rings. The van der Waals surface area contributed by atoms with Gasteiger partial charge in [-0.15, -0.1) is 6.58 Å². The van der Waals surface area contributed by atoms with Crippen LogP contribution < -0.4 is 4.90 Å². The van der Waals surface area contributed by atoms with Gasteiger partial charge in [-0.25, -0.2) is 0 Å². The van der Waals surface area contributed by atoms with Crippen molar-refractivity contribution in [3.05, 3.63) is 43.0 Å². The molecule has 2 saturated heterocycles. The topological polar surface area (TPSA) is 26.8 Å². The highest BCUT2D eigenvalue weighted by Crippen LogP contribution is 2.42. The third-order valence-corrected chi connectivity index (χ3v) is 8.72. The number of nitrogens with zero attached hydrogens (tertiary/aromatic N) is 3. The summed E-state index contributed by atoms with van der Waals surface area (Å²) >= 11 is 3.64. The van der Waals surface area contributed by atoms with Crippen molar-refractivity contribution in [3.8, 4) is 0 Å². The minimum absolute atomic E-state index is 0.125. The van der Waals surface area contributed by atoms with Crippen LogP contribution in [0.3, 0.4) is 0 Å². The van der Waals surface area contributed by atoms with E-state index < -0.39 is 5.54 Å². The van der Waals surface area contributed by atoms with E-state index >= 15 is 0 Å². The average molecular weight is 474 g/mol. The van der Waals surface area contributed by atoms with Crippen molar-refractivity contribution < 1.29 is 4.79 Å². The van der Waals surface area contributed by atoms with Gasteiger partial charge in [0.15, 0.2) is 0 Å². The molecule has 30 heavy (non-hydrogen) atoms. The minimum atomic E-state index is -0.429. The van der Waals surface area contributed by atoms with E-state index in [9.17, 15) is 4.79 Å². The molecular weight excluding hydrogens is 438 g/mol. The molecule has 1 unspecified atom stereocenters. The number of amides is 1. The van der Waals surface area contributed by atoms with Crippen LogP contribution in [0.25, 0.3) is 0 Å². The maximum Gasteiger partial charge on any atom is 0.251 e. The van der Waals surface area contributed by atoms with Crippen molar-refractivity contribution in [1.82, 2.24) is 9.80 Å². The fourth-order valence-corrected chi connectivity index (χ4v) is 6.18. The first-order chi connectivity index (χ1) is 14.5. The van der Waals surface area contributed by atoms with Crippen molar-refractivity contribution in [2.24, 2.45) is 11.8 Å². The van der Waals surface area contributed by atoms with Gasteiger partial charge in [-0.05, 0) is 62.5 Å². The first kappa shape index (κ1) is 21.9. The molecule has 3 fully saturated rings. The number of benzene rings is 1. The summed E-state index contributed by atoms with van der Waals surface area (Å²) in [7, 11) is 0. The second-order valence-electron chi connectivity index (χ2n) is 9.67. The van der Waals surface area contributed by atoms with Gasteiger partial charge in [0.25, 0.3) is 5.91 Å². The van der Waals surface area contributed by atoms with Crippen LogP contribution in [0, 0.1) is 11.8 Å². The second kappa shape index (κ2) is 9.04. The van der Waals surface area contributed by atoms with Crippen LogP contribution in [-0.4, -0.2) is 52.0 Å². The molecule has 0 radical (unpaired) electrons. The fraction of sp³-hybridized carbons (Fsp3) is 0.640. The number of likely N-dealkylation sites (tertiary alicyclic amines) is 1. The van der Waals surface area contributed by atoms with Gasteiger partial charge in [0.1, 0.15) is 10.5 Å². The molecule has 1 spiro atoms. The van der Waals surface area contributed by atoms with Crippen LogP contribution >= 0.6 is 15.9 Å². The van der Waals surface area contributed by atoms with Gasteiger partial charge in [0, 0.05) is 24.8 Å². The SMILES string of the molecule is C=CC(Br)N1CN(c2ccccc2)C2(CCN(C3CCC(C(C)C)CC3)CC2)C1=O.